The molecule has 4 aliphatic carbocycles. The Morgan fingerprint density at radius 2 is 1.74 bits per heavy atom. The Kier molecular flexibility index (Phi) is 5.23. The highest BCUT2D eigenvalue weighted by Gasteiger charge is 2.61. The molecular formula is C22H30ClN3O4S. The topological polar surface area (TPSA) is 110 Å². The zero-order valence-corrected chi connectivity index (χ0v) is 19.7. The maximum atomic E-state index is 13.5. The van der Waals surface area contributed by atoms with Crippen molar-refractivity contribution < 1.29 is 18.0 Å². The van der Waals surface area contributed by atoms with Crippen LogP contribution in [0.25, 0.3) is 0 Å². The van der Waals surface area contributed by atoms with Crippen molar-refractivity contribution in [3.8, 4) is 0 Å². The van der Waals surface area contributed by atoms with Crippen molar-refractivity contribution in [2.75, 3.05) is 7.05 Å². The van der Waals surface area contributed by atoms with Crippen molar-refractivity contribution in [2.45, 2.75) is 68.3 Å². The molecule has 0 saturated heterocycles. The van der Waals surface area contributed by atoms with Gasteiger partial charge in [-0.25, -0.2) is 8.42 Å². The molecule has 1 aromatic carbocycles. The summed E-state index contributed by atoms with van der Waals surface area (Å²) in [6, 6.07) is 6.19. The average molecular weight is 468 g/mol. The quantitative estimate of drug-likeness (QED) is 0.670. The molecule has 2 unspecified atom stereocenters. The molecule has 2 atom stereocenters. The number of sulfonamides is 1. The minimum absolute atomic E-state index is 0.0393. The summed E-state index contributed by atoms with van der Waals surface area (Å²) in [7, 11) is -2.61. The van der Waals surface area contributed by atoms with Gasteiger partial charge in [-0.15, -0.1) is 0 Å². The van der Waals surface area contributed by atoms with E-state index in [4.69, 9.17) is 17.3 Å². The van der Waals surface area contributed by atoms with E-state index in [1.54, 1.807) is 26.0 Å². The monoisotopic (exact) mass is 467 g/mol. The highest BCUT2D eigenvalue weighted by Crippen LogP contribution is 2.61. The Morgan fingerprint density at radius 1 is 1.16 bits per heavy atom. The van der Waals surface area contributed by atoms with Crippen LogP contribution in [0.1, 0.15) is 52.4 Å². The summed E-state index contributed by atoms with van der Waals surface area (Å²) in [4.78, 5) is 25.7. The van der Waals surface area contributed by atoms with Gasteiger partial charge in [0.05, 0.1) is 10.4 Å². The van der Waals surface area contributed by atoms with Gasteiger partial charge in [0.25, 0.3) is 0 Å². The van der Waals surface area contributed by atoms with Gasteiger partial charge in [0.15, 0.2) is 0 Å². The van der Waals surface area contributed by atoms with Gasteiger partial charge in [-0.3, -0.25) is 9.59 Å². The van der Waals surface area contributed by atoms with Crippen LogP contribution in [0.15, 0.2) is 29.2 Å². The van der Waals surface area contributed by atoms with Crippen LogP contribution in [0.4, 0.5) is 0 Å². The van der Waals surface area contributed by atoms with Gasteiger partial charge in [0, 0.05) is 12.6 Å². The molecule has 170 valence electrons. The molecule has 4 fully saturated rings. The molecule has 9 heteroatoms. The van der Waals surface area contributed by atoms with E-state index in [9.17, 15) is 18.0 Å². The summed E-state index contributed by atoms with van der Waals surface area (Å²) in [6.07, 6.45) is 4.80. The van der Waals surface area contributed by atoms with Gasteiger partial charge in [0.1, 0.15) is 10.4 Å². The summed E-state index contributed by atoms with van der Waals surface area (Å²) < 4.78 is 27.5. The SMILES string of the molecule is CN(C(C)(C)C(=O)NC12CC3CC(C1)CC(C(N)=O)(C3)C2)S(=O)(=O)c1ccccc1Cl. The molecule has 0 radical (unpaired) electrons. The number of nitrogens with two attached hydrogens (primary N) is 1. The largest absolute Gasteiger partial charge is 0.369 e. The predicted octanol–water partition coefficient (Wildman–Crippen LogP) is 2.68. The van der Waals surface area contributed by atoms with Crippen LogP contribution in [0.2, 0.25) is 5.02 Å². The molecule has 5 rings (SSSR count). The Balaban J connectivity index is 1.59. The first-order valence-corrected chi connectivity index (χ1v) is 12.5. The van der Waals surface area contributed by atoms with Crippen molar-refractivity contribution >= 4 is 33.4 Å². The zero-order chi connectivity index (χ0) is 22.8. The standard InChI is InChI=1S/C22H30ClN3O4S/c1-20(2,26(3)31(29,30)17-7-5-4-6-16(17)23)19(28)25-22-11-14-8-15(12-22)10-21(9-14,13-22)18(24)27/h4-7,14-15H,8-13H2,1-3H3,(H2,24,27)(H,25,28). The number of carbonyl (C=O) groups is 2. The van der Waals surface area contributed by atoms with Crippen LogP contribution in [0.5, 0.6) is 0 Å². The fraction of sp³-hybridized carbons (Fsp3) is 0.636. The predicted molar refractivity (Wildman–Crippen MR) is 118 cm³/mol. The van der Waals surface area contributed by atoms with Crippen molar-refractivity contribution in [2.24, 2.45) is 23.0 Å². The van der Waals surface area contributed by atoms with Crippen LogP contribution < -0.4 is 11.1 Å². The van der Waals surface area contributed by atoms with Crippen LogP contribution in [-0.4, -0.2) is 42.7 Å². The normalized spacial score (nSPS) is 32.3. The number of carbonyl (C=O) groups excluding carboxylic acids is 2. The van der Waals surface area contributed by atoms with Gasteiger partial charge in [-0.05, 0) is 76.3 Å². The Labute approximate surface area is 188 Å². The molecule has 0 aliphatic heterocycles. The second-order valence-electron chi connectivity index (χ2n) is 10.3. The molecule has 2 amide bonds. The number of nitrogens with zero attached hydrogens (tertiary/aromatic N) is 1. The Morgan fingerprint density at radius 3 is 2.29 bits per heavy atom. The number of halogens is 1. The summed E-state index contributed by atoms with van der Waals surface area (Å²) in [5.74, 6) is 0.0635. The second kappa shape index (κ2) is 7.18. The highest BCUT2D eigenvalue weighted by atomic mass is 35.5. The minimum atomic E-state index is -4.00. The number of amides is 2. The van der Waals surface area contributed by atoms with E-state index in [0.717, 1.165) is 36.4 Å². The summed E-state index contributed by atoms with van der Waals surface area (Å²) >= 11 is 6.12. The molecule has 4 bridgehead atoms. The molecule has 0 aromatic heterocycles. The van der Waals surface area contributed by atoms with E-state index in [1.165, 1.54) is 19.2 Å². The first-order valence-electron chi connectivity index (χ1n) is 10.7. The number of rotatable bonds is 6. The first-order chi connectivity index (χ1) is 14.3. The second-order valence-corrected chi connectivity index (χ2v) is 12.6. The van der Waals surface area contributed by atoms with E-state index in [-0.39, 0.29) is 21.7 Å². The number of likely N-dealkylation sites (N-methyl/N-ethyl adjacent to an activating group) is 1. The number of hydrogen-bond donors (Lipinski definition) is 2. The van der Waals surface area contributed by atoms with Crippen LogP contribution >= 0.6 is 11.6 Å². The molecular weight excluding hydrogens is 438 g/mol. The van der Waals surface area contributed by atoms with E-state index >= 15 is 0 Å². The summed E-state index contributed by atoms with van der Waals surface area (Å²) in [5.41, 5.74) is 3.37. The zero-order valence-electron chi connectivity index (χ0n) is 18.2. The smallest absolute Gasteiger partial charge is 0.245 e. The molecule has 4 aliphatic rings. The van der Waals surface area contributed by atoms with Gasteiger partial charge < -0.3 is 11.1 Å². The van der Waals surface area contributed by atoms with Crippen LogP contribution in [0.3, 0.4) is 0 Å². The lowest BCUT2D eigenvalue weighted by Gasteiger charge is -2.61. The molecule has 7 nitrogen and oxygen atoms in total. The lowest BCUT2D eigenvalue weighted by Crippen LogP contribution is -2.68. The van der Waals surface area contributed by atoms with Crippen molar-refractivity contribution in [1.82, 2.24) is 9.62 Å². The molecule has 31 heavy (non-hydrogen) atoms. The fourth-order valence-electron chi connectivity index (χ4n) is 6.34. The fourth-order valence-corrected chi connectivity index (χ4v) is 8.31. The van der Waals surface area contributed by atoms with E-state index in [0.29, 0.717) is 18.3 Å². The highest BCUT2D eigenvalue weighted by molar-refractivity contribution is 7.89. The summed E-state index contributed by atoms with van der Waals surface area (Å²) in [6.45, 7) is 3.17. The molecule has 4 saturated carbocycles. The third-order valence-electron chi connectivity index (χ3n) is 7.78. The third kappa shape index (κ3) is 3.56. The molecule has 1 aromatic rings. The van der Waals surface area contributed by atoms with Crippen LogP contribution in [0, 0.1) is 17.3 Å². The first kappa shape index (κ1) is 22.6. The number of nitrogens with one attached hydrogen (secondary N) is 1. The van der Waals surface area contributed by atoms with Crippen molar-refractivity contribution in [1.29, 1.82) is 0 Å². The van der Waals surface area contributed by atoms with E-state index < -0.39 is 26.5 Å². The maximum absolute atomic E-state index is 13.5. The number of benzene rings is 1. The number of primary amides is 1. The van der Waals surface area contributed by atoms with E-state index in [2.05, 4.69) is 5.32 Å². The van der Waals surface area contributed by atoms with Gasteiger partial charge in [0.2, 0.25) is 21.8 Å². The van der Waals surface area contributed by atoms with Gasteiger partial charge in [-0.1, -0.05) is 23.7 Å². The lowest BCUT2D eigenvalue weighted by atomic mass is 9.46. The Bertz CT molecular complexity index is 1020. The molecule has 3 N–H and O–H groups in total. The van der Waals surface area contributed by atoms with Gasteiger partial charge in [-0.2, -0.15) is 4.31 Å². The molecule has 0 heterocycles. The van der Waals surface area contributed by atoms with Crippen molar-refractivity contribution in [3.05, 3.63) is 29.3 Å². The molecule has 0 spiro atoms. The van der Waals surface area contributed by atoms with E-state index in [1.807, 2.05) is 0 Å². The average Bonchev–Trinajstić information content (AvgIpc) is 2.66. The Hall–Kier alpha value is -1.64. The van der Waals surface area contributed by atoms with Crippen molar-refractivity contribution in [3.63, 3.8) is 0 Å². The minimum Gasteiger partial charge on any atom is -0.369 e. The summed E-state index contributed by atoms with van der Waals surface area (Å²) in [5, 5.41) is 3.28. The lowest BCUT2D eigenvalue weighted by molar-refractivity contribution is -0.152. The third-order valence-corrected chi connectivity index (χ3v) is 10.3. The number of hydrogen-bond acceptors (Lipinski definition) is 4. The maximum Gasteiger partial charge on any atom is 0.245 e. The van der Waals surface area contributed by atoms with Gasteiger partial charge >= 0.3 is 0 Å². The van der Waals surface area contributed by atoms with Crippen LogP contribution in [-0.2, 0) is 19.6 Å².